The summed E-state index contributed by atoms with van der Waals surface area (Å²) in [5.41, 5.74) is 2.09. The van der Waals surface area contributed by atoms with E-state index in [9.17, 15) is 4.39 Å². The molecule has 0 saturated heterocycles. The second-order valence-corrected chi connectivity index (χ2v) is 5.63. The second-order valence-electron chi connectivity index (χ2n) is 5.63. The van der Waals surface area contributed by atoms with Gasteiger partial charge in [0.05, 0.1) is 6.04 Å². The number of halogens is 1. The summed E-state index contributed by atoms with van der Waals surface area (Å²) < 4.78 is 15.9. The van der Waals surface area contributed by atoms with Gasteiger partial charge < -0.3 is 5.32 Å². The Morgan fingerprint density at radius 1 is 1.36 bits per heavy atom. The highest BCUT2D eigenvalue weighted by molar-refractivity contribution is 5.91. The molecule has 0 amide bonds. The van der Waals surface area contributed by atoms with Gasteiger partial charge in [-0.15, -0.1) is 0 Å². The number of benzene rings is 1. The Balaban J connectivity index is 1.78. The van der Waals surface area contributed by atoms with Gasteiger partial charge in [-0.25, -0.2) is 19.0 Å². The van der Waals surface area contributed by atoms with E-state index < -0.39 is 0 Å². The molecule has 0 spiro atoms. The maximum atomic E-state index is 14.0. The van der Waals surface area contributed by atoms with E-state index >= 15 is 0 Å². The van der Waals surface area contributed by atoms with Crippen LogP contribution in [0.3, 0.4) is 0 Å². The Bertz CT molecular complexity index is 842. The molecule has 6 heteroatoms. The van der Waals surface area contributed by atoms with Crippen molar-refractivity contribution in [1.29, 1.82) is 0 Å². The van der Waals surface area contributed by atoms with Crippen LogP contribution >= 0.6 is 0 Å². The number of nitrogens with one attached hydrogen (secondary N) is 1. The van der Waals surface area contributed by atoms with Gasteiger partial charge >= 0.3 is 0 Å². The van der Waals surface area contributed by atoms with Crippen molar-refractivity contribution in [3.8, 4) is 0 Å². The third kappa shape index (κ3) is 2.11. The molecular formula is C16H16FN5. The zero-order valence-corrected chi connectivity index (χ0v) is 12.3. The van der Waals surface area contributed by atoms with E-state index in [1.165, 1.54) is 6.07 Å². The monoisotopic (exact) mass is 297 g/mol. The fraction of sp³-hybridized carbons (Fsp3) is 0.312. The Morgan fingerprint density at radius 3 is 3.18 bits per heavy atom. The normalized spacial score (nSPS) is 17.5. The lowest BCUT2D eigenvalue weighted by molar-refractivity contribution is 0.438. The van der Waals surface area contributed by atoms with Crippen LogP contribution in [0.4, 0.5) is 10.1 Å². The van der Waals surface area contributed by atoms with Crippen molar-refractivity contribution >= 4 is 16.6 Å². The molecular weight excluding hydrogens is 281 g/mol. The van der Waals surface area contributed by atoms with E-state index in [-0.39, 0.29) is 11.9 Å². The molecule has 0 radical (unpaired) electrons. The van der Waals surface area contributed by atoms with Gasteiger partial charge in [0.25, 0.3) is 0 Å². The van der Waals surface area contributed by atoms with Gasteiger partial charge in [-0.1, -0.05) is 12.1 Å². The highest BCUT2D eigenvalue weighted by atomic mass is 19.1. The Kier molecular flexibility index (Phi) is 3.03. The van der Waals surface area contributed by atoms with E-state index in [4.69, 9.17) is 0 Å². The van der Waals surface area contributed by atoms with Crippen LogP contribution in [0.1, 0.15) is 30.4 Å². The van der Waals surface area contributed by atoms with Crippen molar-refractivity contribution in [1.82, 2.24) is 19.7 Å². The van der Waals surface area contributed by atoms with Crippen LogP contribution in [0.15, 0.2) is 30.6 Å². The van der Waals surface area contributed by atoms with Gasteiger partial charge in [-0.05, 0) is 31.9 Å². The number of rotatable bonds is 2. The summed E-state index contributed by atoms with van der Waals surface area (Å²) >= 11 is 0. The molecule has 1 atom stereocenters. The molecule has 0 bridgehead atoms. The average molecular weight is 297 g/mol. The Morgan fingerprint density at radius 2 is 2.27 bits per heavy atom. The molecule has 3 aromatic rings. The number of fused-ring (bicyclic) bond motifs is 2. The van der Waals surface area contributed by atoms with E-state index in [1.807, 2.05) is 23.7 Å². The molecule has 0 aliphatic carbocycles. The number of aromatic nitrogens is 4. The minimum absolute atomic E-state index is 0.0875. The number of anilines is 1. The van der Waals surface area contributed by atoms with Crippen LogP contribution in [0.25, 0.3) is 10.9 Å². The standard InChI is InChI=1S/C16H16FN5/c1-10-8-14(11-4-2-5-12(17)15(11)20-10)21-13-6-3-7-22-16(13)18-9-19-22/h2,4-5,8-9,13H,3,6-7H2,1H3,(H,20,21). The maximum absolute atomic E-state index is 14.0. The second kappa shape index (κ2) is 5.05. The lowest BCUT2D eigenvalue weighted by Gasteiger charge is -2.25. The zero-order valence-electron chi connectivity index (χ0n) is 12.3. The van der Waals surface area contributed by atoms with Crippen LogP contribution in [0.2, 0.25) is 0 Å². The van der Waals surface area contributed by atoms with Crippen LogP contribution in [-0.4, -0.2) is 19.7 Å². The van der Waals surface area contributed by atoms with E-state index in [1.54, 1.807) is 12.4 Å². The maximum Gasteiger partial charge on any atom is 0.149 e. The Hall–Kier alpha value is -2.50. The van der Waals surface area contributed by atoms with Crippen molar-refractivity contribution in [3.63, 3.8) is 0 Å². The third-order valence-electron chi connectivity index (χ3n) is 4.07. The summed E-state index contributed by atoms with van der Waals surface area (Å²) in [6, 6.07) is 7.08. The summed E-state index contributed by atoms with van der Waals surface area (Å²) in [5, 5.41) is 8.53. The molecule has 4 rings (SSSR count). The fourth-order valence-electron chi connectivity index (χ4n) is 3.07. The topological polar surface area (TPSA) is 55.6 Å². The molecule has 1 unspecified atom stereocenters. The average Bonchev–Trinajstić information content (AvgIpc) is 2.98. The molecule has 112 valence electrons. The molecule has 1 aromatic carbocycles. The molecule has 3 heterocycles. The summed E-state index contributed by atoms with van der Waals surface area (Å²) in [6.07, 6.45) is 3.62. The smallest absolute Gasteiger partial charge is 0.149 e. The minimum atomic E-state index is -0.295. The van der Waals surface area contributed by atoms with Gasteiger partial charge in [-0.2, -0.15) is 5.10 Å². The first-order chi connectivity index (χ1) is 10.7. The molecule has 0 saturated carbocycles. The number of nitrogens with zero attached hydrogens (tertiary/aromatic N) is 4. The summed E-state index contributed by atoms with van der Waals surface area (Å²) in [6.45, 7) is 2.78. The number of hydrogen-bond donors (Lipinski definition) is 1. The molecule has 1 N–H and O–H groups in total. The van der Waals surface area contributed by atoms with Gasteiger partial charge in [0.15, 0.2) is 0 Å². The SMILES string of the molecule is Cc1cc(NC2CCCn3ncnc32)c2cccc(F)c2n1. The molecule has 1 aliphatic rings. The van der Waals surface area contributed by atoms with Gasteiger partial charge in [0, 0.05) is 23.3 Å². The van der Waals surface area contributed by atoms with E-state index in [2.05, 4.69) is 20.4 Å². The highest BCUT2D eigenvalue weighted by Gasteiger charge is 2.23. The first-order valence-electron chi connectivity index (χ1n) is 7.42. The van der Waals surface area contributed by atoms with E-state index in [0.717, 1.165) is 42.0 Å². The fourth-order valence-corrected chi connectivity index (χ4v) is 3.07. The molecule has 1 aliphatic heterocycles. The first kappa shape index (κ1) is 13.2. The number of para-hydroxylation sites is 1. The molecule has 5 nitrogen and oxygen atoms in total. The summed E-state index contributed by atoms with van der Waals surface area (Å²) in [5.74, 6) is 0.640. The van der Waals surface area contributed by atoms with Crippen LogP contribution in [-0.2, 0) is 6.54 Å². The van der Waals surface area contributed by atoms with Crippen LogP contribution in [0.5, 0.6) is 0 Å². The minimum Gasteiger partial charge on any atom is -0.374 e. The van der Waals surface area contributed by atoms with Crippen molar-refractivity contribution in [2.75, 3.05) is 5.32 Å². The van der Waals surface area contributed by atoms with Crippen molar-refractivity contribution < 1.29 is 4.39 Å². The van der Waals surface area contributed by atoms with Gasteiger partial charge in [-0.3, -0.25) is 0 Å². The van der Waals surface area contributed by atoms with Gasteiger partial charge in [0.1, 0.15) is 23.5 Å². The quantitative estimate of drug-likeness (QED) is 0.789. The summed E-state index contributed by atoms with van der Waals surface area (Å²) in [4.78, 5) is 8.67. The first-order valence-corrected chi connectivity index (χ1v) is 7.42. The molecule has 0 fully saturated rings. The third-order valence-corrected chi connectivity index (χ3v) is 4.07. The highest BCUT2D eigenvalue weighted by Crippen LogP contribution is 2.31. The van der Waals surface area contributed by atoms with Crippen molar-refractivity contribution in [3.05, 3.63) is 47.9 Å². The van der Waals surface area contributed by atoms with Crippen LogP contribution in [0, 0.1) is 12.7 Å². The number of hydrogen-bond acceptors (Lipinski definition) is 4. The van der Waals surface area contributed by atoms with Crippen molar-refractivity contribution in [2.24, 2.45) is 0 Å². The number of pyridine rings is 1. The van der Waals surface area contributed by atoms with Gasteiger partial charge in [0.2, 0.25) is 0 Å². The number of aryl methyl sites for hydroxylation is 2. The van der Waals surface area contributed by atoms with Crippen LogP contribution < -0.4 is 5.32 Å². The lowest BCUT2D eigenvalue weighted by Crippen LogP contribution is -2.22. The predicted octanol–water partition coefficient (Wildman–Crippen LogP) is 3.22. The van der Waals surface area contributed by atoms with Crippen molar-refractivity contribution in [2.45, 2.75) is 32.4 Å². The summed E-state index contributed by atoms with van der Waals surface area (Å²) in [7, 11) is 0. The Labute approximate surface area is 127 Å². The lowest BCUT2D eigenvalue weighted by atomic mass is 10.1. The van der Waals surface area contributed by atoms with E-state index in [0.29, 0.717) is 5.52 Å². The molecule has 2 aromatic heterocycles. The zero-order chi connectivity index (χ0) is 15.1. The largest absolute Gasteiger partial charge is 0.374 e. The predicted molar refractivity (Wildman–Crippen MR) is 82.1 cm³/mol. The molecule has 22 heavy (non-hydrogen) atoms.